The van der Waals surface area contributed by atoms with Gasteiger partial charge >= 0.3 is 0 Å². The van der Waals surface area contributed by atoms with Gasteiger partial charge in [0.05, 0.1) is 16.3 Å². The van der Waals surface area contributed by atoms with Crippen molar-refractivity contribution >= 4 is 48.8 Å². The van der Waals surface area contributed by atoms with Gasteiger partial charge < -0.3 is 5.73 Å². The highest BCUT2D eigenvalue weighted by Crippen LogP contribution is 2.32. The van der Waals surface area contributed by atoms with E-state index in [0.29, 0.717) is 0 Å². The van der Waals surface area contributed by atoms with Crippen molar-refractivity contribution in [3.05, 3.63) is 33.1 Å². The molecule has 0 fully saturated rings. The molecule has 0 spiro atoms. The third kappa shape index (κ3) is 2.21. The van der Waals surface area contributed by atoms with Crippen LogP contribution in [0.15, 0.2) is 28.1 Å². The predicted molar refractivity (Wildman–Crippen MR) is 81.0 cm³/mol. The van der Waals surface area contributed by atoms with Crippen molar-refractivity contribution in [1.82, 2.24) is 9.97 Å². The van der Waals surface area contributed by atoms with Crippen molar-refractivity contribution in [3.8, 4) is 10.7 Å². The van der Waals surface area contributed by atoms with Crippen LogP contribution in [0.2, 0.25) is 0 Å². The fourth-order valence-corrected chi connectivity index (χ4v) is 3.92. The average Bonchev–Trinajstić information content (AvgIpc) is 2.93. The number of rotatable bonds is 2. The van der Waals surface area contributed by atoms with Gasteiger partial charge in [0.15, 0.2) is 0 Å². The highest BCUT2D eigenvalue weighted by Gasteiger charge is 2.12. The van der Waals surface area contributed by atoms with Gasteiger partial charge in [0.2, 0.25) is 0 Å². The Hall–Kier alpha value is -0.820. The molecule has 18 heavy (non-hydrogen) atoms. The molecule has 3 nitrogen and oxygen atoms in total. The largest absolute Gasteiger partial charge is 0.322 e. The lowest BCUT2D eigenvalue weighted by Crippen LogP contribution is -2.03. The molecule has 0 saturated heterocycles. The van der Waals surface area contributed by atoms with Crippen LogP contribution in [0.25, 0.3) is 20.9 Å². The zero-order valence-corrected chi connectivity index (χ0v) is 12.8. The van der Waals surface area contributed by atoms with Gasteiger partial charge in [-0.15, -0.1) is 22.7 Å². The Morgan fingerprint density at radius 3 is 2.89 bits per heavy atom. The lowest BCUT2D eigenvalue weighted by atomic mass is 10.3. The summed E-state index contributed by atoms with van der Waals surface area (Å²) >= 11 is 6.71. The molecule has 3 aromatic rings. The van der Waals surface area contributed by atoms with Crippen LogP contribution in [0.4, 0.5) is 0 Å². The number of fused-ring (bicyclic) bond motifs is 1. The fourth-order valence-electron chi connectivity index (χ4n) is 1.60. The smallest absolute Gasteiger partial charge is 0.143 e. The Kier molecular flexibility index (Phi) is 3.19. The van der Waals surface area contributed by atoms with Gasteiger partial charge in [-0.2, -0.15) is 0 Å². The minimum absolute atomic E-state index is 0.0210. The summed E-state index contributed by atoms with van der Waals surface area (Å²) in [5.74, 6) is 0. The van der Waals surface area contributed by atoms with Crippen LogP contribution >= 0.6 is 38.6 Å². The van der Waals surface area contributed by atoms with Gasteiger partial charge in [-0.1, -0.05) is 15.9 Å². The van der Waals surface area contributed by atoms with Gasteiger partial charge in [-0.25, -0.2) is 9.97 Å². The van der Waals surface area contributed by atoms with E-state index in [1.54, 1.807) is 22.7 Å². The normalized spacial score (nSPS) is 13.1. The minimum atomic E-state index is -0.0210. The van der Waals surface area contributed by atoms with Crippen LogP contribution in [0, 0.1) is 0 Å². The molecule has 1 aromatic carbocycles. The Morgan fingerprint density at radius 1 is 1.33 bits per heavy atom. The number of thiazole rings is 2. The summed E-state index contributed by atoms with van der Waals surface area (Å²) in [5.41, 5.74) is 7.75. The molecule has 6 heteroatoms. The van der Waals surface area contributed by atoms with Crippen molar-refractivity contribution < 1.29 is 0 Å². The minimum Gasteiger partial charge on any atom is -0.322 e. The molecule has 3 rings (SSSR count). The maximum absolute atomic E-state index is 5.82. The molecule has 2 heterocycles. The Labute approximate surface area is 121 Å². The highest BCUT2D eigenvalue weighted by atomic mass is 79.9. The molecule has 0 aliphatic carbocycles. The summed E-state index contributed by atoms with van der Waals surface area (Å²) in [6, 6.07) is 6.07. The van der Waals surface area contributed by atoms with Crippen LogP contribution < -0.4 is 5.73 Å². The molecular formula is C12H10BrN3S2. The molecule has 2 N–H and O–H groups in total. The number of halogens is 1. The van der Waals surface area contributed by atoms with Crippen LogP contribution in [0.5, 0.6) is 0 Å². The van der Waals surface area contributed by atoms with Crippen molar-refractivity contribution in [2.75, 3.05) is 0 Å². The standard InChI is InChI=1S/C12H10BrN3S2/c1-6(14)11-16-9(5-17-11)12-15-8-3-2-7(13)4-10(8)18-12/h2-6H,14H2,1H3. The summed E-state index contributed by atoms with van der Waals surface area (Å²) in [6.07, 6.45) is 0. The van der Waals surface area contributed by atoms with E-state index in [-0.39, 0.29) is 6.04 Å². The van der Waals surface area contributed by atoms with E-state index in [9.17, 15) is 0 Å². The fraction of sp³-hybridized carbons (Fsp3) is 0.167. The van der Waals surface area contributed by atoms with Crippen LogP contribution in [0.3, 0.4) is 0 Å². The lowest BCUT2D eigenvalue weighted by Gasteiger charge is -1.96. The van der Waals surface area contributed by atoms with Gasteiger partial charge in [-0.3, -0.25) is 0 Å². The molecule has 0 amide bonds. The maximum Gasteiger partial charge on any atom is 0.143 e. The van der Waals surface area contributed by atoms with E-state index in [0.717, 1.165) is 30.4 Å². The highest BCUT2D eigenvalue weighted by molar-refractivity contribution is 9.10. The zero-order valence-electron chi connectivity index (χ0n) is 9.55. The van der Waals surface area contributed by atoms with Gasteiger partial charge in [0, 0.05) is 9.85 Å². The van der Waals surface area contributed by atoms with E-state index < -0.39 is 0 Å². The third-order valence-electron chi connectivity index (χ3n) is 2.48. The first-order valence-corrected chi connectivity index (χ1v) is 7.90. The molecule has 0 saturated carbocycles. The van der Waals surface area contributed by atoms with E-state index in [1.807, 2.05) is 24.4 Å². The summed E-state index contributed by atoms with van der Waals surface area (Å²) in [5, 5.41) is 3.92. The van der Waals surface area contributed by atoms with E-state index >= 15 is 0 Å². The molecule has 2 aromatic heterocycles. The molecule has 0 bridgehead atoms. The van der Waals surface area contributed by atoms with Crippen LogP contribution in [-0.4, -0.2) is 9.97 Å². The number of hydrogen-bond donors (Lipinski definition) is 1. The number of aromatic nitrogens is 2. The number of nitrogens with two attached hydrogens (primary N) is 1. The monoisotopic (exact) mass is 339 g/mol. The second-order valence-corrected chi connectivity index (χ2v) is 6.83. The van der Waals surface area contributed by atoms with E-state index in [2.05, 4.69) is 32.0 Å². The van der Waals surface area contributed by atoms with Crippen LogP contribution in [0.1, 0.15) is 18.0 Å². The Morgan fingerprint density at radius 2 is 2.17 bits per heavy atom. The lowest BCUT2D eigenvalue weighted by molar-refractivity contribution is 0.808. The molecule has 1 atom stereocenters. The maximum atomic E-state index is 5.82. The van der Waals surface area contributed by atoms with Gasteiger partial charge in [0.1, 0.15) is 15.7 Å². The van der Waals surface area contributed by atoms with Crippen molar-refractivity contribution in [3.63, 3.8) is 0 Å². The van der Waals surface area contributed by atoms with E-state index in [1.165, 1.54) is 0 Å². The second kappa shape index (κ2) is 4.70. The SMILES string of the molecule is CC(N)c1nc(-c2nc3ccc(Br)cc3s2)cs1. The summed E-state index contributed by atoms with van der Waals surface area (Å²) in [6.45, 7) is 1.94. The number of hydrogen-bond acceptors (Lipinski definition) is 5. The first-order chi connectivity index (χ1) is 8.63. The van der Waals surface area contributed by atoms with Gasteiger partial charge in [-0.05, 0) is 25.1 Å². The zero-order chi connectivity index (χ0) is 12.7. The number of benzene rings is 1. The van der Waals surface area contributed by atoms with Gasteiger partial charge in [0.25, 0.3) is 0 Å². The molecule has 0 aliphatic heterocycles. The second-order valence-electron chi connectivity index (χ2n) is 3.99. The van der Waals surface area contributed by atoms with Crippen LogP contribution in [-0.2, 0) is 0 Å². The quantitative estimate of drug-likeness (QED) is 0.761. The van der Waals surface area contributed by atoms with Crippen molar-refractivity contribution in [1.29, 1.82) is 0 Å². The van der Waals surface area contributed by atoms with Crippen molar-refractivity contribution in [2.45, 2.75) is 13.0 Å². The molecule has 0 aliphatic rings. The summed E-state index contributed by atoms with van der Waals surface area (Å²) < 4.78 is 2.23. The molecule has 92 valence electrons. The molecule has 1 unspecified atom stereocenters. The Bertz CT molecular complexity index is 702. The van der Waals surface area contributed by atoms with E-state index in [4.69, 9.17) is 5.73 Å². The molecular weight excluding hydrogens is 330 g/mol. The average molecular weight is 340 g/mol. The van der Waals surface area contributed by atoms with Crippen molar-refractivity contribution in [2.24, 2.45) is 5.73 Å². The number of nitrogens with zero attached hydrogens (tertiary/aromatic N) is 2. The predicted octanol–water partition coefficient (Wildman–Crippen LogP) is 4.20. The first kappa shape index (κ1) is 12.2. The summed E-state index contributed by atoms with van der Waals surface area (Å²) in [4.78, 5) is 9.13. The molecule has 0 radical (unpaired) electrons. The Balaban J connectivity index is 2.07. The first-order valence-electron chi connectivity index (χ1n) is 5.41. The third-order valence-corrected chi connectivity index (χ3v) is 5.06. The topological polar surface area (TPSA) is 51.8 Å². The summed E-state index contributed by atoms with van der Waals surface area (Å²) in [7, 11) is 0.